The van der Waals surface area contributed by atoms with Crippen LogP contribution in [0.3, 0.4) is 0 Å². The summed E-state index contributed by atoms with van der Waals surface area (Å²) in [4.78, 5) is 12.9. The van der Waals surface area contributed by atoms with Gasteiger partial charge in [0, 0.05) is 23.8 Å². The second-order valence-corrected chi connectivity index (χ2v) is 9.82. The Labute approximate surface area is 184 Å². The number of sulfonamides is 1. The molecular formula is C22H29ClN2O4S. The molecule has 0 aliphatic carbocycles. The standard InChI is InChI=1S/C22H29ClN2O4S/c1-5-15-25(16-6-2)30(27,28)20-13-9-18(10-14-20)24-21(26)22(3,4)29-19-11-7-17(23)8-12-19/h7-14H,5-6,15-16H2,1-4H3,(H,24,26). The Hall–Kier alpha value is -2.09. The zero-order valence-corrected chi connectivity index (χ0v) is 19.4. The van der Waals surface area contributed by atoms with Crippen LogP contribution in [0.15, 0.2) is 53.4 Å². The Bertz CT molecular complexity index is 936. The van der Waals surface area contributed by atoms with Crippen molar-refractivity contribution in [2.75, 3.05) is 18.4 Å². The quantitative estimate of drug-likeness (QED) is 0.553. The fraction of sp³-hybridized carbons (Fsp3) is 0.409. The van der Waals surface area contributed by atoms with E-state index in [1.807, 2.05) is 13.8 Å². The van der Waals surface area contributed by atoms with Crippen LogP contribution in [0.2, 0.25) is 5.02 Å². The zero-order chi connectivity index (χ0) is 22.4. The number of hydrogen-bond acceptors (Lipinski definition) is 4. The van der Waals surface area contributed by atoms with Gasteiger partial charge < -0.3 is 10.1 Å². The largest absolute Gasteiger partial charge is 0.478 e. The van der Waals surface area contributed by atoms with Gasteiger partial charge in [-0.3, -0.25) is 4.79 Å². The molecule has 0 bridgehead atoms. The number of anilines is 1. The molecule has 6 nitrogen and oxygen atoms in total. The van der Waals surface area contributed by atoms with E-state index in [0.717, 1.165) is 12.8 Å². The second kappa shape index (κ2) is 10.3. The third-order valence-electron chi connectivity index (χ3n) is 4.43. The lowest BCUT2D eigenvalue weighted by Gasteiger charge is -2.25. The summed E-state index contributed by atoms with van der Waals surface area (Å²) in [6.07, 6.45) is 1.49. The number of nitrogens with zero attached hydrogens (tertiary/aromatic N) is 1. The van der Waals surface area contributed by atoms with Crippen molar-refractivity contribution in [3.05, 3.63) is 53.6 Å². The molecule has 1 N–H and O–H groups in total. The fourth-order valence-corrected chi connectivity index (χ4v) is 4.59. The molecule has 0 aliphatic rings. The fourth-order valence-electron chi connectivity index (χ4n) is 2.84. The number of rotatable bonds is 10. The zero-order valence-electron chi connectivity index (χ0n) is 17.8. The molecule has 2 aromatic carbocycles. The third-order valence-corrected chi connectivity index (χ3v) is 6.59. The molecule has 0 unspecified atom stereocenters. The van der Waals surface area contributed by atoms with Crippen LogP contribution < -0.4 is 10.1 Å². The predicted molar refractivity (Wildman–Crippen MR) is 121 cm³/mol. The maximum absolute atomic E-state index is 12.8. The molecule has 0 saturated heterocycles. The number of benzene rings is 2. The van der Waals surface area contributed by atoms with Crippen LogP contribution >= 0.6 is 11.6 Å². The summed E-state index contributed by atoms with van der Waals surface area (Å²) in [5.41, 5.74) is -0.651. The first-order valence-corrected chi connectivity index (χ1v) is 11.8. The Balaban J connectivity index is 2.10. The van der Waals surface area contributed by atoms with Gasteiger partial charge in [-0.1, -0.05) is 25.4 Å². The van der Waals surface area contributed by atoms with E-state index in [0.29, 0.717) is 29.5 Å². The van der Waals surface area contributed by atoms with Gasteiger partial charge in [-0.2, -0.15) is 4.31 Å². The highest BCUT2D eigenvalue weighted by atomic mass is 35.5. The lowest BCUT2D eigenvalue weighted by atomic mass is 10.1. The van der Waals surface area contributed by atoms with Gasteiger partial charge in [-0.15, -0.1) is 0 Å². The Morgan fingerprint density at radius 1 is 1.00 bits per heavy atom. The van der Waals surface area contributed by atoms with E-state index in [1.165, 1.54) is 16.4 Å². The van der Waals surface area contributed by atoms with E-state index in [-0.39, 0.29) is 10.8 Å². The molecule has 164 valence electrons. The first-order valence-electron chi connectivity index (χ1n) is 9.96. The number of halogens is 1. The van der Waals surface area contributed by atoms with Crippen LogP contribution in [0, 0.1) is 0 Å². The third kappa shape index (κ3) is 6.20. The average molecular weight is 453 g/mol. The molecule has 8 heteroatoms. The van der Waals surface area contributed by atoms with Gasteiger partial charge in [0.15, 0.2) is 5.60 Å². The van der Waals surface area contributed by atoms with E-state index >= 15 is 0 Å². The minimum atomic E-state index is -3.56. The molecule has 2 rings (SSSR count). The molecule has 0 saturated carbocycles. The number of carbonyl (C=O) groups excluding carboxylic acids is 1. The van der Waals surface area contributed by atoms with Crippen LogP contribution in [0.25, 0.3) is 0 Å². The normalized spacial score (nSPS) is 12.1. The van der Waals surface area contributed by atoms with Gasteiger partial charge >= 0.3 is 0 Å². The summed E-state index contributed by atoms with van der Waals surface area (Å²) in [5.74, 6) is 0.166. The van der Waals surface area contributed by atoms with E-state index < -0.39 is 15.6 Å². The molecule has 0 spiro atoms. The second-order valence-electron chi connectivity index (χ2n) is 7.45. The Morgan fingerprint density at radius 3 is 2.03 bits per heavy atom. The predicted octanol–water partition coefficient (Wildman–Crippen LogP) is 4.95. The summed E-state index contributed by atoms with van der Waals surface area (Å²) in [6.45, 7) is 8.16. The average Bonchev–Trinajstić information content (AvgIpc) is 2.70. The highest BCUT2D eigenvalue weighted by Gasteiger charge is 2.30. The monoisotopic (exact) mass is 452 g/mol. The van der Waals surface area contributed by atoms with Crippen LogP contribution in [-0.4, -0.2) is 37.3 Å². The van der Waals surface area contributed by atoms with Gasteiger partial charge in [0.05, 0.1) is 4.90 Å². The smallest absolute Gasteiger partial charge is 0.267 e. The minimum absolute atomic E-state index is 0.207. The lowest BCUT2D eigenvalue weighted by Crippen LogP contribution is -2.42. The maximum atomic E-state index is 12.8. The van der Waals surface area contributed by atoms with Crippen LogP contribution in [0.1, 0.15) is 40.5 Å². The van der Waals surface area contributed by atoms with Crippen LogP contribution in [0.5, 0.6) is 5.75 Å². The molecule has 2 aromatic rings. The Kier molecular flexibility index (Phi) is 8.29. The number of hydrogen-bond donors (Lipinski definition) is 1. The molecule has 0 atom stereocenters. The summed E-state index contributed by atoms with van der Waals surface area (Å²) in [5, 5.41) is 3.35. The SMILES string of the molecule is CCCN(CCC)S(=O)(=O)c1ccc(NC(=O)C(C)(C)Oc2ccc(Cl)cc2)cc1. The number of carbonyl (C=O) groups is 1. The van der Waals surface area contributed by atoms with E-state index in [1.54, 1.807) is 50.2 Å². The molecular weight excluding hydrogens is 424 g/mol. The molecule has 0 fully saturated rings. The van der Waals surface area contributed by atoms with Gasteiger partial charge in [-0.25, -0.2) is 8.42 Å². The summed E-state index contributed by atoms with van der Waals surface area (Å²) < 4.78 is 33.0. The highest BCUT2D eigenvalue weighted by molar-refractivity contribution is 7.89. The van der Waals surface area contributed by atoms with E-state index in [4.69, 9.17) is 16.3 Å². The topological polar surface area (TPSA) is 75.7 Å². The Morgan fingerprint density at radius 2 is 1.53 bits per heavy atom. The first kappa shape index (κ1) is 24.2. The van der Waals surface area contributed by atoms with Gasteiger partial charge in [0.2, 0.25) is 10.0 Å². The molecule has 1 amide bonds. The van der Waals surface area contributed by atoms with Crippen molar-refractivity contribution >= 4 is 33.2 Å². The van der Waals surface area contributed by atoms with Gasteiger partial charge in [-0.05, 0) is 75.2 Å². The van der Waals surface area contributed by atoms with Crippen molar-refractivity contribution in [3.63, 3.8) is 0 Å². The van der Waals surface area contributed by atoms with Crippen molar-refractivity contribution < 1.29 is 17.9 Å². The van der Waals surface area contributed by atoms with Gasteiger partial charge in [0.25, 0.3) is 5.91 Å². The van der Waals surface area contributed by atoms with Gasteiger partial charge in [0.1, 0.15) is 5.75 Å². The highest BCUT2D eigenvalue weighted by Crippen LogP contribution is 2.23. The van der Waals surface area contributed by atoms with Crippen molar-refractivity contribution in [2.45, 2.75) is 51.0 Å². The number of amides is 1. The lowest BCUT2D eigenvalue weighted by molar-refractivity contribution is -0.128. The first-order chi connectivity index (χ1) is 14.1. The maximum Gasteiger partial charge on any atom is 0.267 e. The summed E-state index contributed by atoms with van der Waals surface area (Å²) >= 11 is 5.87. The number of ether oxygens (including phenoxy) is 1. The van der Waals surface area contributed by atoms with Crippen molar-refractivity contribution in [2.24, 2.45) is 0 Å². The minimum Gasteiger partial charge on any atom is -0.478 e. The van der Waals surface area contributed by atoms with E-state index in [9.17, 15) is 13.2 Å². The van der Waals surface area contributed by atoms with Crippen LogP contribution in [0.4, 0.5) is 5.69 Å². The van der Waals surface area contributed by atoms with Crippen molar-refractivity contribution in [3.8, 4) is 5.75 Å². The molecule has 0 radical (unpaired) electrons. The van der Waals surface area contributed by atoms with Crippen molar-refractivity contribution in [1.82, 2.24) is 4.31 Å². The molecule has 0 heterocycles. The molecule has 30 heavy (non-hydrogen) atoms. The molecule has 0 aromatic heterocycles. The van der Waals surface area contributed by atoms with E-state index in [2.05, 4.69) is 5.32 Å². The molecule has 0 aliphatic heterocycles. The summed E-state index contributed by atoms with van der Waals surface area (Å²) in [7, 11) is -3.56. The summed E-state index contributed by atoms with van der Waals surface area (Å²) in [6, 6.07) is 12.9. The van der Waals surface area contributed by atoms with Crippen LogP contribution in [-0.2, 0) is 14.8 Å². The number of nitrogens with one attached hydrogen (secondary N) is 1. The van der Waals surface area contributed by atoms with Crippen molar-refractivity contribution in [1.29, 1.82) is 0 Å².